The van der Waals surface area contributed by atoms with E-state index in [0.29, 0.717) is 0 Å². The first-order valence-corrected chi connectivity index (χ1v) is 0. The SMILES string of the molecule is [Ge+2].[Ge+2].[Ge+2].[N-3].[N-3]. The third kappa shape index (κ3) is 29.1. The Kier molecular flexibility index (Phi) is 805. The Morgan fingerprint density at radius 2 is 0.400 bits per heavy atom. The fourth-order valence-corrected chi connectivity index (χ4v) is 0. The van der Waals surface area contributed by atoms with Crippen molar-refractivity contribution in [3.63, 3.8) is 0 Å². The quantitative estimate of drug-likeness (QED) is 0.514. The molecular formula is Ge3N2. The van der Waals surface area contributed by atoms with E-state index in [4.69, 9.17) is 0 Å². The van der Waals surface area contributed by atoms with Crippen LogP contribution in [0.5, 0.6) is 0 Å². The van der Waals surface area contributed by atoms with Gasteiger partial charge in [-0.25, -0.2) is 0 Å². The van der Waals surface area contributed by atoms with Crippen LogP contribution in [0.25, 0.3) is 12.3 Å². The molecule has 0 amide bonds. The van der Waals surface area contributed by atoms with Gasteiger partial charge in [0.2, 0.25) is 0 Å². The zero-order valence-electron chi connectivity index (χ0n) is 2.39. The smallest absolute Gasteiger partial charge is 2.00 e. The van der Waals surface area contributed by atoms with Gasteiger partial charge in [-0.3, -0.25) is 0 Å². The summed E-state index contributed by atoms with van der Waals surface area (Å²) >= 11 is 0. The molecule has 0 rings (SSSR count). The van der Waals surface area contributed by atoms with Gasteiger partial charge in [-0.2, -0.15) is 0 Å². The van der Waals surface area contributed by atoms with Gasteiger partial charge >= 0.3 is 52.8 Å². The summed E-state index contributed by atoms with van der Waals surface area (Å²) < 4.78 is 0. The first-order chi connectivity index (χ1) is 0. The molecule has 5 heavy (non-hydrogen) atoms. The van der Waals surface area contributed by atoms with Crippen molar-refractivity contribution in [1.82, 2.24) is 0 Å². The van der Waals surface area contributed by atoms with Crippen LogP contribution in [0.15, 0.2) is 0 Å². The molecule has 5 heteroatoms. The van der Waals surface area contributed by atoms with E-state index in [2.05, 4.69) is 0 Å². The van der Waals surface area contributed by atoms with Crippen LogP contribution in [-0.4, -0.2) is 52.8 Å². The van der Waals surface area contributed by atoms with Crippen molar-refractivity contribution >= 4 is 52.8 Å². The maximum atomic E-state index is 0. The summed E-state index contributed by atoms with van der Waals surface area (Å²) in [4.78, 5) is 0. The van der Waals surface area contributed by atoms with E-state index in [1.165, 1.54) is 0 Å². The molecule has 0 aromatic heterocycles. The average Bonchev–Trinajstić information content (AvgIpc) is 0. The third-order valence-electron chi connectivity index (χ3n) is 0. The molecule has 0 saturated heterocycles. The molecule has 0 aliphatic heterocycles. The minimum absolute atomic E-state index is 0. The maximum Gasteiger partial charge on any atom is 2.00 e. The van der Waals surface area contributed by atoms with Crippen LogP contribution in [0.3, 0.4) is 0 Å². The van der Waals surface area contributed by atoms with Crippen molar-refractivity contribution in [3.8, 4) is 0 Å². The van der Waals surface area contributed by atoms with Crippen molar-refractivity contribution in [2.75, 3.05) is 0 Å². The third-order valence-corrected chi connectivity index (χ3v) is 0. The van der Waals surface area contributed by atoms with Crippen molar-refractivity contribution in [3.05, 3.63) is 12.3 Å². The minimum atomic E-state index is 0. The van der Waals surface area contributed by atoms with Crippen LogP contribution in [0, 0.1) is 0 Å². The second kappa shape index (κ2) is 47.9. The molecule has 0 fully saturated rings. The second-order valence-corrected chi connectivity index (χ2v) is 0. The van der Waals surface area contributed by atoms with Crippen molar-refractivity contribution < 1.29 is 0 Å². The predicted molar refractivity (Wildman–Crippen MR) is 24.0 cm³/mol. The number of hydrogen-bond acceptors (Lipinski definition) is 0. The summed E-state index contributed by atoms with van der Waals surface area (Å²) in [5.74, 6) is 0. The summed E-state index contributed by atoms with van der Waals surface area (Å²) in [6.45, 7) is 0. The molecule has 0 aliphatic rings. The van der Waals surface area contributed by atoms with Crippen LogP contribution in [-0.2, 0) is 0 Å². The first kappa shape index (κ1) is 84.1. The molecule has 22 valence electrons. The Balaban J connectivity index is 0. The summed E-state index contributed by atoms with van der Waals surface area (Å²) in [6, 6.07) is 0. The van der Waals surface area contributed by atoms with Crippen LogP contribution in [0.1, 0.15) is 0 Å². The number of nitrogens with zero attached hydrogens (tertiary/aromatic N) is 2. The molecular weight excluding hydrogens is 246 g/mol. The summed E-state index contributed by atoms with van der Waals surface area (Å²) in [7, 11) is 0. The number of rotatable bonds is 0. The van der Waals surface area contributed by atoms with E-state index >= 15 is 0 Å². The summed E-state index contributed by atoms with van der Waals surface area (Å²) in [5, 5.41) is 0. The monoisotopic (exact) mass is 250 g/mol. The fourth-order valence-electron chi connectivity index (χ4n) is 0. The predicted octanol–water partition coefficient (Wildman–Crippen LogP) is -0.565. The molecule has 0 aromatic rings. The van der Waals surface area contributed by atoms with Crippen LogP contribution in [0.2, 0.25) is 0 Å². The van der Waals surface area contributed by atoms with Gasteiger partial charge < -0.3 is 12.3 Å². The topological polar surface area (TPSA) is 61.0 Å². The molecule has 2 nitrogen and oxygen atoms in total. The summed E-state index contributed by atoms with van der Waals surface area (Å²) in [5.41, 5.74) is 0. The van der Waals surface area contributed by atoms with E-state index in [-0.39, 0.29) is 65.1 Å². The first-order valence-electron chi connectivity index (χ1n) is 0. The Hall–Kier alpha value is 1.55. The van der Waals surface area contributed by atoms with Crippen molar-refractivity contribution in [2.24, 2.45) is 0 Å². The van der Waals surface area contributed by atoms with Gasteiger partial charge in [0, 0.05) is 0 Å². The maximum absolute atomic E-state index is 0. The molecule has 0 N–H and O–H groups in total. The van der Waals surface area contributed by atoms with Gasteiger partial charge in [-0.05, 0) is 0 Å². The van der Waals surface area contributed by atoms with Gasteiger partial charge in [-0.1, -0.05) is 0 Å². The molecule has 0 unspecified atom stereocenters. The van der Waals surface area contributed by atoms with E-state index in [0.717, 1.165) is 0 Å². The standard InChI is InChI=1S/3Ge.2N/q3*+2;2*-3. The van der Waals surface area contributed by atoms with Crippen LogP contribution in [0.4, 0.5) is 0 Å². The van der Waals surface area contributed by atoms with Crippen LogP contribution >= 0.6 is 0 Å². The molecule has 6 radical (unpaired) electrons. The van der Waals surface area contributed by atoms with Gasteiger partial charge in [0.05, 0.1) is 0 Å². The molecule has 0 saturated carbocycles. The Morgan fingerprint density at radius 1 is 0.400 bits per heavy atom. The van der Waals surface area contributed by atoms with Crippen molar-refractivity contribution in [2.45, 2.75) is 0 Å². The van der Waals surface area contributed by atoms with E-state index in [1.807, 2.05) is 0 Å². The Labute approximate surface area is 64.9 Å². The van der Waals surface area contributed by atoms with E-state index < -0.39 is 0 Å². The van der Waals surface area contributed by atoms with Crippen LogP contribution < -0.4 is 0 Å². The molecule has 0 bridgehead atoms. The molecule has 0 aliphatic carbocycles. The fraction of sp³-hybridized carbons (Fsp3) is 0. The normalized spacial score (nSPS) is 0. The minimum Gasteiger partial charge on any atom is -3.00 e. The molecule has 0 atom stereocenters. The average molecular weight is 246 g/mol. The van der Waals surface area contributed by atoms with E-state index in [1.54, 1.807) is 0 Å². The second-order valence-electron chi connectivity index (χ2n) is 0. The summed E-state index contributed by atoms with van der Waals surface area (Å²) in [6.07, 6.45) is 0. The van der Waals surface area contributed by atoms with Gasteiger partial charge in [0.15, 0.2) is 0 Å². The molecule has 0 spiro atoms. The van der Waals surface area contributed by atoms with Crippen molar-refractivity contribution in [1.29, 1.82) is 0 Å². The molecule has 0 heterocycles. The zero-order chi connectivity index (χ0) is 0. The van der Waals surface area contributed by atoms with E-state index in [9.17, 15) is 0 Å². The Morgan fingerprint density at radius 3 is 0.400 bits per heavy atom. The zero-order valence-corrected chi connectivity index (χ0v) is 8.69. The largest absolute Gasteiger partial charge is 3.00 e. The van der Waals surface area contributed by atoms with Gasteiger partial charge in [0.1, 0.15) is 0 Å². The Bertz CT molecular complexity index is 4.85. The number of hydrogen-bond donors (Lipinski definition) is 0. The van der Waals surface area contributed by atoms with Gasteiger partial charge in [0.25, 0.3) is 0 Å². The van der Waals surface area contributed by atoms with Gasteiger partial charge in [-0.15, -0.1) is 0 Å². The molecule has 0 aromatic carbocycles.